The Kier molecular flexibility index (Phi) is 9.50. The number of carboxylic acid groups (broad SMARTS) is 2. The predicted octanol–water partition coefficient (Wildman–Crippen LogP) is 6.61. The van der Waals surface area contributed by atoms with Crippen LogP contribution in [0.15, 0.2) is 66.2 Å². The van der Waals surface area contributed by atoms with Crippen molar-refractivity contribution in [2.24, 2.45) is 0 Å². The van der Waals surface area contributed by atoms with Crippen molar-refractivity contribution in [3.63, 3.8) is 0 Å². The Bertz CT molecular complexity index is 1760. The third-order valence-electron chi connectivity index (χ3n) is 9.28. The summed E-state index contributed by atoms with van der Waals surface area (Å²) in [5.74, 6) is 0.299. The average Bonchev–Trinajstić information content (AvgIpc) is 3.89. The molecule has 1 saturated heterocycles. The number of benzene rings is 3. The van der Waals surface area contributed by atoms with Crippen molar-refractivity contribution in [3.8, 4) is 11.5 Å². The van der Waals surface area contributed by atoms with Gasteiger partial charge in [0.1, 0.15) is 30.5 Å². The van der Waals surface area contributed by atoms with Gasteiger partial charge in [-0.1, -0.05) is 41.9 Å². The first kappa shape index (κ1) is 33.1. The molecule has 2 fully saturated rings. The maximum Gasteiger partial charge on any atom is 0.408 e. The molecule has 2 aliphatic heterocycles. The molecule has 48 heavy (non-hydrogen) atoms. The van der Waals surface area contributed by atoms with Gasteiger partial charge in [-0.05, 0) is 85.7 Å². The van der Waals surface area contributed by atoms with E-state index in [1.165, 1.54) is 15.9 Å². The van der Waals surface area contributed by atoms with Crippen molar-refractivity contribution in [1.82, 2.24) is 14.7 Å². The topological polar surface area (TPSA) is 120 Å². The zero-order valence-electron chi connectivity index (χ0n) is 26.7. The van der Waals surface area contributed by atoms with Gasteiger partial charge >= 0.3 is 12.2 Å². The average molecular weight is 678 g/mol. The molecule has 2 atom stereocenters. The van der Waals surface area contributed by atoms with E-state index in [4.69, 9.17) is 21.1 Å². The van der Waals surface area contributed by atoms with E-state index >= 15 is 0 Å². The number of ether oxygens (including phenoxy) is 2. The van der Waals surface area contributed by atoms with Gasteiger partial charge in [0.15, 0.2) is 0 Å². The number of rotatable bonds is 10. The Morgan fingerprint density at radius 2 is 1.62 bits per heavy atom. The molecule has 2 bridgehead atoms. The molecule has 10 nitrogen and oxygen atoms in total. The molecule has 12 heteroatoms. The second kappa shape index (κ2) is 13.8. The van der Waals surface area contributed by atoms with E-state index in [2.05, 4.69) is 0 Å². The number of hydrogen-bond acceptors (Lipinski definition) is 5. The molecule has 3 aromatic carbocycles. The number of carbonyl (C=O) groups excluding carboxylic acids is 1. The summed E-state index contributed by atoms with van der Waals surface area (Å²) in [6.07, 6.45) is -0.784. The summed E-state index contributed by atoms with van der Waals surface area (Å²) >= 11 is 6.31. The van der Waals surface area contributed by atoms with E-state index in [0.717, 1.165) is 24.0 Å². The maximum absolute atomic E-state index is 14.7. The largest absolute Gasteiger partial charge is 0.490 e. The summed E-state index contributed by atoms with van der Waals surface area (Å²) in [5, 5.41) is 20.6. The minimum atomic E-state index is -1.22. The fraction of sp³-hybridized carbons (Fsp3) is 0.361. The number of hydrogen-bond donors (Lipinski definition) is 2. The molecule has 2 heterocycles. The molecule has 6 rings (SSSR count). The highest BCUT2D eigenvalue weighted by Crippen LogP contribution is 2.41. The summed E-state index contributed by atoms with van der Waals surface area (Å²) in [4.78, 5) is 43.2. The highest BCUT2D eigenvalue weighted by Gasteiger charge is 2.49. The van der Waals surface area contributed by atoms with E-state index in [9.17, 15) is 29.0 Å². The fourth-order valence-corrected chi connectivity index (χ4v) is 6.82. The lowest BCUT2D eigenvalue weighted by Gasteiger charge is -2.49. The number of piperazine rings is 1. The van der Waals surface area contributed by atoms with Gasteiger partial charge in [-0.3, -0.25) is 9.69 Å². The minimum absolute atomic E-state index is 0.0149. The van der Waals surface area contributed by atoms with Crippen molar-refractivity contribution >= 4 is 35.3 Å². The van der Waals surface area contributed by atoms with Crippen molar-refractivity contribution in [1.29, 1.82) is 0 Å². The summed E-state index contributed by atoms with van der Waals surface area (Å²) < 4.78 is 26.5. The van der Waals surface area contributed by atoms with Gasteiger partial charge in [0.2, 0.25) is 0 Å². The smallest absolute Gasteiger partial charge is 0.408 e. The summed E-state index contributed by atoms with van der Waals surface area (Å²) in [6.45, 7) is 4.29. The van der Waals surface area contributed by atoms with E-state index in [1.54, 1.807) is 35.2 Å². The van der Waals surface area contributed by atoms with Crippen LogP contribution in [0, 0.1) is 19.7 Å². The second-order valence-corrected chi connectivity index (χ2v) is 12.9. The molecule has 0 radical (unpaired) electrons. The first-order chi connectivity index (χ1) is 23.0. The van der Waals surface area contributed by atoms with Crippen LogP contribution in [-0.2, 0) is 11.3 Å². The maximum atomic E-state index is 14.7. The van der Waals surface area contributed by atoms with Gasteiger partial charge < -0.3 is 29.5 Å². The third-order valence-corrected chi connectivity index (χ3v) is 9.58. The molecule has 252 valence electrons. The van der Waals surface area contributed by atoms with Gasteiger partial charge in [0.05, 0.1) is 17.1 Å². The molecular formula is C36H37ClFN3O7. The molecule has 0 aromatic heterocycles. The summed E-state index contributed by atoms with van der Waals surface area (Å²) in [5.41, 5.74) is 4.07. The van der Waals surface area contributed by atoms with Crippen LogP contribution in [0.25, 0.3) is 5.57 Å². The van der Waals surface area contributed by atoms with E-state index in [0.29, 0.717) is 33.2 Å². The number of halogens is 2. The van der Waals surface area contributed by atoms with E-state index in [1.807, 2.05) is 38.1 Å². The van der Waals surface area contributed by atoms with Gasteiger partial charge in [-0.25, -0.2) is 14.0 Å². The van der Waals surface area contributed by atoms with Gasteiger partial charge in [-0.2, -0.15) is 0 Å². The minimum Gasteiger partial charge on any atom is -0.490 e. The monoisotopic (exact) mass is 677 g/mol. The Morgan fingerprint density at radius 1 is 0.938 bits per heavy atom. The Hall–Kier alpha value is -4.77. The molecule has 1 aliphatic carbocycles. The lowest BCUT2D eigenvalue weighted by molar-refractivity contribution is -0.129. The number of nitrogens with zero attached hydrogens (tertiary/aromatic N) is 3. The van der Waals surface area contributed by atoms with Gasteiger partial charge in [0.25, 0.3) is 5.91 Å². The number of fused-ring (bicyclic) bond motifs is 2. The van der Waals surface area contributed by atoms with Crippen LogP contribution in [0.1, 0.15) is 41.5 Å². The molecule has 3 amide bonds. The van der Waals surface area contributed by atoms with Crippen molar-refractivity contribution < 1.29 is 38.5 Å². The van der Waals surface area contributed by atoms with Crippen LogP contribution in [0.5, 0.6) is 11.5 Å². The van der Waals surface area contributed by atoms with E-state index in [-0.39, 0.29) is 50.9 Å². The van der Waals surface area contributed by atoms with Crippen LogP contribution in [0.3, 0.4) is 0 Å². The molecular weight excluding hydrogens is 641 g/mol. The lowest BCUT2D eigenvalue weighted by Crippen LogP contribution is -2.65. The number of carbonyl (C=O) groups is 3. The quantitative estimate of drug-likeness (QED) is 0.232. The standard InChI is InChI=1S/C36H37ClFN3O7/c1-21-15-29(37)32(16-22(21)2)48-14-13-47-27-11-7-23(8-12-27)28-17-26-19-39(35(43)44)20-31(41(26)36(45)46)33(28)34(42)40(25-9-10-25)18-24-5-3-4-6-30(24)38/h3-8,11-12,15-16,25-26,31H,9-10,13-14,17-20H2,1-2H3,(H,43,44)(H,45,46)/t26-,31-/m1/s1. The number of aryl methyl sites for hydroxylation is 2. The second-order valence-electron chi connectivity index (χ2n) is 12.5. The van der Waals surface area contributed by atoms with Crippen LogP contribution in [0.2, 0.25) is 5.02 Å². The zero-order valence-corrected chi connectivity index (χ0v) is 27.5. The third kappa shape index (κ3) is 6.92. The molecule has 3 aromatic rings. The molecule has 2 N–H and O–H groups in total. The first-order valence-corrected chi connectivity index (χ1v) is 16.3. The molecule has 3 aliphatic rings. The zero-order chi connectivity index (χ0) is 34.1. The van der Waals surface area contributed by atoms with Crippen molar-refractivity contribution in [2.45, 2.75) is 57.8 Å². The Balaban J connectivity index is 1.28. The van der Waals surface area contributed by atoms with Crippen LogP contribution < -0.4 is 9.47 Å². The van der Waals surface area contributed by atoms with E-state index < -0.39 is 36.0 Å². The lowest BCUT2D eigenvalue weighted by atomic mass is 9.81. The highest BCUT2D eigenvalue weighted by molar-refractivity contribution is 6.32. The Labute approximate surface area is 282 Å². The Morgan fingerprint density at radius 3 is 2.29 bits per heavy atom. The first-order valence-electron chi connectivity index (χ1n) is 15.9. The van der Waals surface area contributed by atoms with Gasteiger partial charge in [0, 0.05) is 36.8 Å². The SMILES string of the molecule is Cc1cc(Cl)c(OCCOc2ccc(C3=C(C(=O)N(Cc4ccccc4F)C4CC4)[C@H]4CN(C(=O)O)C[C@@H](C3)N4C(=O)O)cc2)cc1C. The predicted molar refractivity (Wildman–Crippen MR) is 177 cm³/mol. The summed E-state index contributed by atoms with van der Waals surface area (Å²) in [7, 11) is 0. The molecule has 0 spiro atoms. The molecule has 1 saturated carbocycles. The van der Waals surface area contributed by atoms with Crippen LogP contribution in [0.4, 0.5) is 14.0 Å². The van der Waals surface area contributed by atoms with Crippen molar-refractivity contribution in [3.05, 3.63) is 99.3 Å². The van der Waals surface area contributed by atoms with Gasteiger partial charge in [-0.15, -0.1) is 0 Å². The highest BCUT2D eigenvalue weighted by atomic mass is 35.5. The molecule has 0 unspecified atom stereocenters. The van der Waals surface area contributed by atoms with Crippen LogP contribution in [-0.4, -0.2) is 87.4 Å². The fourth-order valence-electron chi connectivity index (χ4n) is 6.55. The number of amides is 3. The summed E-state index contributed by atoms with van der Waals surface area (Å²) in [6, 6.07) is 15.3. The van der Waals surface area contributed by atoms with Crippen LogP contribution >= 0.6 is 11.6 Å². The van der Waals surface area contributed by atoms with Crippen molar-refractivity contribution in [2.75, 3.05) is 26.3 Å². The normalized spacial score (nSPS) is 18.8.